The van der Waals surface area contributed by atoms with E-state index >= 15 is 0 Å². The smallest absolute Gasteiger partial charge is 0.269 e. The zero-order valence-corrected chi connectivity index (χ0v) is 12.7. The van der Waals surface area contributed by atoms with E-state index in [1.54, 1.807) is 43.3 Å². The summed E-state index contributed by atoms with van der Waals surface area (Å²) in [6, 6.07) is 10.2. The van der Waals surface area contributed by atoms with E-state index in [0.717, 1.165) is 17.5 Å². The Morgan fingerprint density at radius 1 is 1.18 bits per heavy atom. The molecule has 1 aromatic heterocycles. The van der Waals surface area contributed by atoms with Crippen molar-refractivity contribution < 1.29 is 9.59 Å². The molecular weight excluding hydrogens is 302 g/mol. The van der Waals surface area contributed by atoms with Gasteiger partial charge in [-0.2, -0.15) is 0 Å². The van der Waals surface area contributed by atoms with Gasteiger partial charge in [0.15, 0.2) is 5.16 Å². The van der Waals surface area contributed by atoms with E-state index in [9.17, 15) is 9.59 Å². The molecule has 0 fully saturated rings. The van der Waals surface area contributed by atoms with Gasteiger partial charge >= 0.3 is 0 Å². The molecule has 1 aromatic carbocycles. The van der Waals surface area contributed by atoms with Gasteiger partial charge in [0.1, 0.15) is 5.82 Å². The van der Waals surface area contributed by atoms with Gasteiger partial charge in [0.05, 0.1) is 5.75 Å². The van der Waals surface area contributed by atoms with Crippen molar-refractivity contribution in [3.05, 3.63) is 47.7 Å². The van der Waals surface area contributed by atoms with Gasteiger partial charge in [-0.05, 0) is 19.1 Å². The Balaban J connectivity index is 1.80. The predicted molar refractivity (Wildman–Crippen MR) is 84.0 cm³/mol. The zero-order chi connectivity index (χ0) is 15.9. The third-order valence-corrected chi connectivity index (χ3v) is 3.38. The SMILES string of the molecule is Cc1cc(N)nc(SCC(=O)NNC(=O)c2ccccc2)n1. The second-order valence-electron chi connectivity index (χ2n) is 4.37. The number of carbonyl (C=O) groups excluding carboxylic acids is 2. The summed E-state index contributed by atoms with van der Waals surface area (Å²) in [6.07, 6.45) is 0. The second kappa shape index (κ2) is 7.41. The largest absolute Gasteiger partial charge is 0.384 e. The molecule has 0 aliphatic heterocycles. The fourth-order valence-corrected chi connectivity index (χ4v) is 2.29. The normalized spacial score (nSPS) is 10.0. The number of aromatic nitrogens is 2. The van der Waals surface area contributed by atoms with Crippen LogP contribution in [-0.4, -0.2) is 27.5 Å². The quantitative estimate of drug-likeness (QED) is 0.439. The first kappa shape index (κ1) is 15.8. The van der Waals surface area contributed by atoms with Crippen LogP contribution in [0.4, 0.5) is 5.82 Å². The molecule has 2 aromatic rings. The maximum atomic E-state index is 11.7. The zero-order valence-electron chi connectivity index (χ0n) is 11.9. The van der Waals surface area contributed by atoms with Crippen molar-refractivity contribution in [2.24, 2.45) is 0 Å². The number of hydrogen-bond donors (Lipinski definition) is 3. The van der Waals surface area contributed by atoms with E-state index in [1.165, 1.54) is 0 Å². The van der Waals surface area contributed by atoms with Gasteiger partial charge in [-0.25, -0.2) is 9.97 Å². The van der Waals surface area contributed by atoms with E-state index < -0.39 is 0 Å². The second-order valence-corrected chi connectivity index (χ2v) is 5.32. The minimum atomic E-state index is -0.380. The van der Waals surface area contributed by atoms with E-state index in [-0.39, 0.29) is 17.6 Å². The Bertz CT molecular complexity index is 658. The number of benzene rings is 1. The van der Waals surface area contributed by atoms with Crippen LogP contribution in [0, 0.1) is 6.92 Å². The molecule has 2 amide bonds. The predicted octanol–water partition coefficient (Wildman–Crippen LogP) is 0.921. The molecule has 2 rings (SSSR count). The summed E-state index contributed by atoms with van der Waals surface area (Å²) in [5.41, 5.74) is 11.5. The standard InChI is InChI=1S/C14H15N5O2S/c1-9-7-11(15)17-14(16-9)22-8-12(20)18-19-13(21)10-5-3-2-4-6-10/h2-7H,8H2,1H3,(H,18,20)(H,19,21)(H2,15,16,17). The number of rotatable bonds is 4. The molecule has 1 heterocycles. The Labute approximate surface area is 131 Å². The summed E-state index contributed by atoms with van der Waals surface area (Å²) in [5, 5.41) is 0.419. The number of carbonyl (C=O) groups is 2. The lowest BCUT2D eigenvalue weighted by Gasteiger charge is -2.07. The maximum Gasteiger partial charge on any atom is 0.269 e. The Morgan fingerprint density at radius 3 is 2.59 bits per heavy atom. The van der Waals surface area contributed by atoms with Crippen LogP contribution in [-0.2, 0) is 4.79 Å². The number of nitrogen functional groups attached to an aromatic ring is 1. The van der Waals surface area contributed by atoms with Crippen molar-refractivity contribution in [2.45, 2.75) is 12.1 Å². The minimum Gasteiger partial charge on any atom is -0.384 e. The molecule has 8 heteroatoms. The Morgan fingerprint density at radius 2 is 1.91 bits per heavy atom. The number of aryl methyl sites for hydroxylation is 1. The first-order valence-corrected chi connectivity index (χ1v) is 7.41. The lowest BCUT2D eigenvalue weighted by molar-refractivity contribution is -0.119. The molecule has 0 unspecified atom stereocenters. The number of hydrogen-bond acceptors (Lipinski definition) is 6. The van der Waals surface area contributed by atoms with E-state index in [2.05, 4.69) is 20.8 Å². The number of amides is 2. The van der Waals surface area contributed by atoms with Crippen LogP contribution in [0.5, 0.6) is 0 Å². The first-order chi connectivity index (χ1) is 10.5. The lowest BCUT2D eigenvalue weighted by atomic mass is 10.2. The van der Waals surface area contributed by atoms with Crippen LogP contribution in [0.1, 0.15) is 16.1 Å². The molecule has 0 spiro atoms. The van der Waals surface area contributed by atoms with Gasteiger partial charge in [-0.3, -0.25) is 20.4 Å². The molecule has 0 atom stereocenters. The Kier molecular flexibility index (Phi) is 5.31. The molecule has 22 heavy (non-hydrogen) atoms. The summed E-state index contributed by atoms with van der Waals surface area (Å²) in [6.45, 7) is 1.79. The average Bonchev–Trinajstić information content (AvgIpc) is 2.50. The van der Waals surface area contributed by atoms with Crippen molar-refractivity contribution in [3.8, 4) is 0 Å². The third kappa shape index (κ3) is 4.74. The van der Waals surface area contributed by atoms with Crippen molar-refractivity contribution in [3.63, 3.8) is 0 Å². The highest BCUT2D eigenvalue weighted by Gasteiger charge is 2.08. The molecule has 0 aliphatic rings. The number of nitrogens with two attached hydrogens (primary N) is 1. The van der Waals surface area contributed by atoms with E-state index in [0.29, 0.717) is 16.5 Å². The fraction of sp³-hybridized carbons (Fsp3) is 0.143. The van der Waals surface area contributed by atoms with Crippen LogP contribution >= 0.6 is 11.8 Å². The number of hydrazine groups is 1. The van der Waals surface area contributed by atoms with Crippen LogP contribution in [0.3, 0.4) is 0 Å². The van der Waals surface area contributed by atoms with Crippen LogP contribution in [0.15, 0.2) is 41.6 Å². The highest BCUT2D eigenvalue weighted by Crippen LogP contribution is 2.14. The van der Waals surface area contributed by atoms with Crippen LogP contribution in [0.2, 0.25) is 0 Å². The summed E-state index contributed by atoms with van der Waals surface area (Å²) in [4.78, 5) is 31.6. The number of anilines is 1. The van der Waals surface area contributed by atoms with E-state index in [1.807, 2.05) is 0 Å². The third-order valence-electron chi connectivity index (χ3n) is 2.54. The molecule has 114 valence electrons. The van der Waals surface area contributed by atoms with Gasteiger partial charge < -0.3 is 5.73 Å². The van der Waals surface area contributed by atoms with Gasteiger partial charge in [-0.1, -0.05) is 30.0 Å². The molecule has 4 N–H and O–H groups in total. The monoisotopic (exact) mass is 317 g/mol. The van der Waals surface area contributed by atoms with Gasteiger partial charge in [0, 0.05) is 17.3 Å². The van der Waals surface area contributed by atoms with Gasteiger partial charge in [-0.15, -0.1) is 0 Å². The van der Waals surface area contributed by atoms with Gasteiger partial charge in [0.25, 0.3) is 5.91 Å². The summed E-state index contributed by atoms with van der Waals surface area (Å²) in [5.74, 6) is -0.321. The van der Waals surface area contributed by atoms with Crippen molar-refractivity contribution in [1.82, 2.24) is 20.8 Å². The summed E-state index contributed by atoms with van der Waals surface area (Å²) < 4.78 is 0. The van der Waals surface area contributed by atoms with Crippen molar-refractivity contribution in [1.29, 1.82) is 0 Å². The molecular formula is C14H15N5O2S. The molecule has 0 aliphatic carbocycles. The molecule has 7 nitrogen and oxygen atoms in total. The number of nitrogens with one attached hydrogen (secondary N) is 2. The number of thioether (sulfide) groups is 1. The maximum absolute atomic E-state index is 11.7. The molecule has 0 saturated carbocycles. The minimum absolute atomic E-state index is 0.0674. The average molecular weight is 317 g/mol. The molecule has 0 saturated heterocycles. The molecule has 0 bridgehead atoms. The lowest BCUT2D eigenvalue weighted by Crippen LogP contribution is -2.42. The van der Waals surface area contributed by atoms with Crippen LogP contribution < -0.4 is 16.6 Å². The first-order valence-electron chi connectivity index (χ1n) is 6.43. The summed E-state index contributed by atoms with van der Waals surface area (Å²) in [7, 11) is 0. The van der Waals surface area contributed by atoms with E-state index in [4.69, 9.17) is 5.73 Å². The van der Waals surface area contributed by atoms with Crippen LogP contribution in [0.25, 0.3) is 0 Å². The van der Waals surface area contributed by atoms with Crippen molar-refractivity contribution in [2.75, 3.05) is 11.5 Å². The number of nitrogens with zero attached hydrogens (tertiary/aromatic N) is 2. The topological polar surface area (TPSA) is 110 Å². The molecule has 0 radical (unpaired) electrons. The Hall–Kier alpha value is -2.61. The highest BCUT2D eigenvalue weighted by molar-refractivity contribution is 7.99. The van der Waals surface area contributed by atoms with Gasteiger partial charge in [0.2, 0.25) is 5.91 Å². The highest BCUT2D eigenvalue weighted by atomic mass is 32.2. The summed E-state index contributed by atoms with van der Waals surface area (Å²) >= 11 is 1.14. The fourth-order valence-electron chi connectivity index (χ4n) is 1.58. The van der Waals surface area contributed by atoms with Crippen molar-refractivity contribution >= 4 is 29.4 Å².